The fourth-order valence-electron chi connectivity index (χ4n) is 0.181. The Kier molecular flexibility index (Phi) is 1.72. The van der Waals surface area contributed by atoms with Crippen LogP contribution in [0.5, 0.6) is 0 Å². The second-order valence-electron chi connectivity index (χ2n) is 2.00. The molecule has 2 heteroatoms. The standard InChI is InChI=1S/C4H8O.Li.H/c1-4(5)2-3-4;;/h5H,2-3H2,1H3;;/q;+1;-1. The van der Waals surface area contributed by atoms with Gasteiger partial charge in [0.15, 0.2) is 0 Å². The van der Waals surface area contributed by atoms with Gasteiger partial charge in [0.2, 0.25) is 0 Å². The molecule has 0 aromatic heterocycles. The zero-order valence-corrected chi connectivity index (χ0v) is 4.36. The molecule has 0 unspecified atom stereocenters. The van der Waals surface area contributed by atoms with Crippen molar-refractivity contribution >= 4 is 0 Å². The minimum atomic E-state index is -0.250. The number of hydrogen-bond acceptors (Lipinski definition) is 1. The summed E-state index contributed by atoms with van der Waals surface area (Å²) in [6.07, 6.45) is 2.01. The predicted molar refractivity (Wildman–Crippen MR) is 21.0 cm³/mol. The fourth-order valence-corrected chi connectivity index (χ4v) is 0.181. The van der Waals surface area contributed by atoms with Crippen LogP contribution < -0.4 is 18.9 Å². The van der Waals surface area contributed by atoms with Crippen LogP contribution in [0.1, 0.15) is 21.2 Å². The first-order chi connectivity index (χ1) is 2.21. The molecular weight excluding hydrogens is 71.0 g/mol. The average Bonchev–Trinajstić information content (AvgIpc) is 1.76. The van der Waals surface area contributed by atoms with E-state index in [0.717, 1.165) is 12.8 Å². The minimum absolute atomic E-state index is 0. The predicted octanol–water partition coefficient (Wildman–Crippen LogP) is -2.35. The van der Waals surface area contributed by atoms with Crippen LogP contribution in [0.25, 0.3) is 0 Å². The van der Waals surface area contributed by atoms with Crippen LogP contribution >= 0.6 is 0 Å². The van der Waals surface area contributed by atoms with Crippen molar-refractivity contribution in [3.8, 4) is 0 Å². The molecule has 0 radical (unpaired) electrons. The summed E-state index contributed by atoms with van der Waals surface area (Å²) in [6, 6.07) is 0. The number of hydrogen-bond donors (Lipinski definition) is 1. The van der Waals surface area contributed by atoms with Crippen LogP contribution in [-0.2, 0) is 0 Å². The molecule has 0 aromatic carbocycles. The van der Waals surface area contributed by atoms with Gasteiger partial charge < -0.3 is 6.53 Å². The van der Waals surface area contributed by atoms with Gasteiger partial charge in [-0.1, -0.05) is 0 Å². The Morgan fingerprint density at radius 3 is 1.83 bits per heavy atom. The van der Waals surface area contributed by atoms with Gasteiger partial charge in [-0.15, -0.1) is 0 Å². The molecule has 1 nitrogen and oxygen atoms in total. The molecule has 32 valence electrons. The van der Waals surface area contributed by atoms with Crippen molar-refractivity contribution in [2.75, 3.05) is 0 Å². The van der Waals surface area contributed by atoms with E-state index in [4.69, 9.17) is 5.11 Å². The average molecular weight is 80.1 g/mol. The van der Waals surface area contributed by atoms with E-state index in [1.165, 1.54) is 0 Å². The Morgan fingerprint density at radius 2 is 1.83 bits per heavy atom. The van der Waals surface area contributed by atoms with Crippen molar-refractivity contribution < 1.29 is 25.4 Å². The Labute approximate surface area is 51.4 Å². The normalized spacial score (nSPS) is 25.0. The van der Waals surface area contributed by atoms with E-state index < -0.39 is 0 Å². The van der Waals surface area contributed by atoms with E-state index in [0.29, 0.717) is 0 Å². The zero-order chi connectivity index (χ0) is 3.91. The molecule has 0 saturated heterocycles. The third-order valence-electron chi connectivity index (χ3n) is 0.974. The van der Waals surface area contributed by atoms with E-state index in [2.05, 4.69) is 0 Å². The Bertz CT molecular complexity index is 49.7. The van der Waals surface area contributed by atoms with Crippen LogP contribution in [0, 0.1) is 0 Å². The summed E-state index contributed by atoms with van der Waals surface area (Å²) in [5, 5.41) is 8.63. The second-order valence-corrected chi connectivity index (χ2v) is 2.00. The quantitative estimate of drug-likeness (QED) is 0.323. The molecule has 0 spiro atoms. The SMILES string of the molecule is CC1(O)CC1.[H-].[Li+]. The molecule has 1 saturated carbocycles. The first kappa shape index (κ1) is 6.56. The first-order valence-corrected chi connectivity index (χ1v) is 1.93. The minimum Gasteiger partial charge on any atom is -1.00 e. The maximum absolute atomic E-state index is 8.63. The van der Waals surface area contributed by atoms with E-state index in [-0.39, 0.29) is 25.9 Å². The molecule has 6 heavy (non-hydrogen) atoms. The number of aliphatic hydroxyl groups is 1. The summed E-state index contributed by atoms with van der Waals surface area (Å²) < 4.78 is 0. The fraction of sp³-hybridized carbons (Fsp3) is 1.00. The molecule has 1 rings (SSSR count). The van der Waals surface area contributed by atoms with Gasteiger partial charge in [-0.25, -0.2) is 0 Å². The molecule has 1 N–H and O–H groups in total. The van der Waals surface area contributed by atoms with E-state index in [1.807, 2.05) is 6.92 Å². The smallest absolute Gasteiger partial charge is 1.00 e. The Balaban J connectivity index is 0. The zero-order valence-electron chi connectivity index (χ0n) is 5.36. The number of rotatable bonds is 0. The summed E-state index contributed by atoms with van der Waals surface area (Å²) in [6.45, 7) is 1.85. The van der Waals surface area contributed by atoms with Crippen LogP contribution in [0.3, 0.4) is 0 Å². The van der Waals surface area contributed by atoms with Gasteiger partial charge in [-0.2, -0.15) is 0 Å². The summed E-state index contributed by atoms with van der Waals surface area (Å²) in [5.74, 6) is 0. The topological polar surface area (TPSA) is 20.2 Å². The van der Waals surface area contributed by atoms with Gasteiger partial charge in [0, 0.05) is 0 Å². The Morgan fingerprint density at radius 1 is 1.67 bits per heavy atom. The molecule has 0 heterocycles. The van der Waals surface area contributed by atoms with Crippen molar-refractivity contribution in [1.29, 1.82) is 0 Å². The van der Waals surface area contributed by atoms with Gasteiger partial charge in [0.1, 0.15) is 0 Å². The van der Waals surface area contributed by atoms with E-state index >= 15 is 0 Å². The summed E-state index contributed by atoms with van der Waals surface area (Å²) in [4.78, 5) is 0. The van der Waals surface area contributed by atoms with Crippen molar-refractivity contribution in [3.63, 3.8) is 0 Å². The van der Waals surface area contributed by atoms with Crippen LogP contribution in [0.2, 0.25) is 0 Å². The summed E-state index contributed by atoms with van der Waals surface area (Å²) in [7, 11) is 0. The molecule has 0 atom stereocenters. The first-order valence-electron chi connectivity index (χ1n) is 1.93. The van der Waals surface area contributed by atoms with Gasteiger partial charge in [0.25, 0.3) is 0 Å². The third-order valence-corrected chi connectivity index (χ3v) is 0.974. The van der Waals surface area contributed by atoms with Gasteiger partial charge >= 0.3 is 18.9 Å². The summed E-state index contributed by atoms with van der Waals surface area (Å²) in [5.41, 5.74) is -0.250. The van der Waals surface area contributed by atoms with E-state index in [1.54, 1.807) is 0 Å². The molecule has 0 amide bonds. The van der Waals surface area contributed by atoms with Gasteiger partial charge in [0.05, 0.1) is 5.60 Å². The van der Waals surface area contributed by atoms with Crippen LogP contribution in [0.4, 0.5) is 0 Å². The molecule has 1 aliphatic carbocycles. The van der Waals surface area contributed by atoms with Crippen molar-refractivity contribution in [3.05, 3.63) is 0 Å². The van der Waals surface area contributed by atoms with Crippen LogP contribution in [0.15, 0.2) is 0 Å². The third kappa shape index (κ3) is 1.87. The molecule has 0 aromatic rings. The van der Waals surface area contributed by atoms with Crippen LogP contribution in [-0.4, -0.2) is 10.7 Å². The Hall–Kier alpha value is 0.557. The summed E-state index contributed by atoms with van der Waals surface area (Å²) >= 11 is 0. The van der Waals surface area contributed by atoms with Gasteiger partial charge in [-0.3, -0.25) is 0 Å². The molecule has 1 fully saturated rings. The van der Waals surface area contributed by atoms with Crippen molar-refractivity contribution in [2.45, 2.75) is 25.4 Å². The molecule has 1 aliphatic rings. The maximum Gasteiger partial charge on any atom is 1.00 e. The second kappa shape index (κ2) is 1.58. The van der Waals surface area contributed by atoms with E-state index in [9.17, 15) is 0 Å². The molecule has 0 bridgehead atoms. The van der Waals surface area contributed by atoms with Crippen molar-refractivity contribution in [1.82, 2.24) is 0 Å². The molecular formula is C4H9LiO. The largest absolute Gasteiger partial charge is 1.00 e. The monoisotopic (exact) mass is 80.1 g/mol. The van der Waals surface area contributed by atoms with Gasteiger partial charge in [-0.05, 0) is 19.8 Å². The molecule has 0 aliphatic heterocycles. The van der Waals surface area contributed by atoms with Crippen molar-refractivity contribution in [2.24, 2.45) is 0 Å². The maximum atomic E-state index is 8.63.